The van der Waals surface area contributed by atoms with Crippen molar-refractivity contribution in [3.8, 4) is 0 Å². The second-order valence-electron chi connectivity index (χ2n) is 4.28. The summed E-state index contributed by atoms with van der Waals surface area (Å²) in [6.45, 7) is 2.16. The fraction of sp³-hybridized carbons (Fsp3) is 0.154. The van der Waals surface area contributed by atoms with E-state index in [2.05, 4.69) is 5.32 Å². The highest BCUT2D eigenvalue weighted by atomic mass is 32.2. The molecule has 106 valence electrons. The minimum atomic E-state index is -3.81. The largest absolute Gasteiger partial charge is 0.347 e. The van der Waals surface area contributed by atoms with Crippen molar-refractivity contribution in [3.05, 3.63) is 51.7 Å². The summed E-state index contributed by atoms with van der Waals surface area (Å²) in [5.74, 6) is -0.318. The van der Waals surface area contributed by atoms with Crippen LogP contribution in [0.1, 0.15) is 20.8 Å². The van der Waals surface area contributed by atoms with Crippen LogP contribution >= 0.6 is 11.3 Å². The van der Waals surface area contributed by atoms with Gasteiger partial charge in [-0.05, 0) is 36.1 Å². The molecule has 1 amide bonds. The monoisotopic (exact) mass is 310 g/mol. The van der Waals surface area contributed by atoms with Crippen molar-refractivity contribution in [3.63, 3.8) is 0 Å². The van der Waals surface area contributed by atoms with E-state index in [1.165, 1.54) is 12.1 Å². The molecular weight excluding hydrogens is 296 g/mol. The van der Waals surface area contributed by atoms with Crippen LogP contribution in [-0.2, 0) is 16.6 Å². The van der Waals surface area contributed by atoms with Crippen LogP contribution in [0.5, 0.6) is 0 Å². The van der Waals surface area contributed by atoms with Crippen molar-refractivity contribution in [2.75, 3.05) is 0 Å². The zero-order valence-corrected chi connectivity index (χ0v) is 12.4. The van der Waals surface area contributed by atoms with Gasteiger partial charge in [-0.25, -0.2) is 13.6 Å². The van der Waals surface area contributed by atoms with Gasteiger partial charge in [-0.2, -0.15) is 0 Å². The molecule has 1 aromatic heterocycles. The van der Waals surface area contributed by atoms with Gasteiger partial charge in [-0.15, -0.1) is 11.3 Å². The minimum Gasteiger partial charge on any atom is -0.347 e. The van der Waals surface area contributed by atoms with Crippen LogP contribution in [0, 0.1) is 6.92 Å². The number of amides is 1. The molecule has 3 N–H and O–H groups in total. The normalized spacial score (nSPS) is 11.3. The van der Waals surface area contributed by atoms with Crippen LogP contribution < -0.4 is 10.5 Å². The maximum Gasteiger partial charge on any atom is 0.251 e. The van der Waals surface area contributed by atoms with E-state index in [0.717, 1.165) is 4.88 Å². The maximum atomic E-state index is 12.1. The minimum absolute atomic E-state index is 0.0654. The Morgan fingerprint density at radius 2 is 2.10 bits per heavy atom. The van der Waals surface area contributed by atoms with E-state index in [1.54, 1.807) is 24.3 Å². The molecule has 0 aliphatic carbocycles. The molecule has 0 bridgehead atoms. The number of hydrogen-bond donors (Lipinski definition) is 2. The van der Waals surface area contributed by atoms with Crippen LogP contribution in [-0.4, -0.2) is 14.3 Å². The van der Waals surface area contributed by atoms with Gasteiger partial charge in [0.25, 0.3) is 5.91 Å². The Morgan fingerprint density at radius 3 is 2.70 bits per heavy atom. The Balaban J connectivity index is 2.21. The Bertz CT molecular complexity index is 722. The first-order chi connectivity index (χ1) is 9.38. The number of sulfonamides is 1. The molecule has 0 fully saturated rings. The first-order valence-corrected chi connectivity index (χ1v) is 8.24. The van der Waals surface area contributed by atoms with Gasteiger partial charge in [-0.1, -0.05) is 12.1 Å². The third-order valence-electron chi connectivity index (χ3n) is 2.79. The Hall–Kier alpha value is -1.70. The summed E-state index contributed by atoms with van der Waals surface area (Å²) >= 11 is 1.54. The smallest absolute Gasteiger partial charge is 0.251 e. The lowest BCUT2D eigenvalue weighted by Crippen LogP contribution is -2.24. The zero-order valence-electron chi connectivity index (χ0n) is 10.8. The van der Waals surface area contributed by atoms with Gasteiger partial charge >= 0.3 is 0 Å². The molecular formula is C13H14N2O3S2. The molecule has 1 heterocycles. The average molecular weight is 310 g/mol. The zero-order chi connectivity index (χ0) is 14.8. The van der Waals surface area contributed by atoms with Gasteiger partial charge in [0.1, 0.15) is 0 Å². The van der Waals surface area contributed by atoms with E-state index in [-0.39, 0.29) is 10.8 Å². The summed E-state index contributed by atoms with van der Waals surface area (Å²) in [5.41, 5.74) is 1.01. The van der Waals surface area contributed by atoms with Gasteiger partial charge < -0.3 is 5.32 Å². The van der Waals surface area contributed by atoms with Crippen molar-refractivity contribution < 1.29 is 13.2 Å². The van der Waals surface area contributed by atoms with Crippen molar-refractivity contribution in [1.82, 2.24) is 5.32 Å². The van der Waals surface area contributed by atoms with E-state index in [9.17, 15) is 13.2 Å². The predicted octanol–water partition coefficient (Wildman–Crippen LogP) is 1.63. The summed E-state index contributed by atoms with van der Waals surface area (Å²) in [6.07, 6.45) is 0. The fourth-order valence-electron chi connectivity index (χ4n) is 1.70. The van der Waals surface area contributed by atoms with E-state index in [0.29, 0.717) is 17.7 Å². The highest BCUT2D eigenvalue weighted by molar-refractivity contribution is 7.89. The molecule has 2 rings (SSSR count). The number of carbonyl (C=O) groups is 1. The average Bonchev–Trinajstić information content (AvgIpc) is 2.88. The molecule has 0 atom stereocenters. The van der Waals surface area contributed by atoms with Crippen LogP contribution in [0.3, 0.4) is 0 Å². The Labute approximate surface area is 121 Å². The molecule has 0 saturated carbocycles. The molecule has 2 aromatic rings. The molecule has 0 saturated heterocycles. The predicted molar refractivity (Wildman–Crippen MR) is 78.0 cm³/mol. The van der Waals surface area contributed by atoms with Crippen LogP contribution in [0.2, 0.25) is 0 Å². The van der Waals surface area contributed by atoms with Gasteiger partial charge in [-0.3, -0.25) is 4.79 Å². The third kappa shape index (κ3) is 3.44. The number of benzene rings is 1. The quantitative estimate of drug-likeness (QED) is 0.899. The second-order valence-corrected chi connectivity index (χ2v) is 6.88. The SMILES string of the molecule is Cc1ccc(S(N)(=O)=O)cc1C(=O)NCc1cccs1. The summed E-state index contributed by atoms with van der Waals surface area (Å²) < 4.78 is 22.6. The maximum absolute atomic E-state index is 12.1. The molecule has 20 heavy (non-hydrogen) atoms. The van der Waals surface area contributed by atoms with Crippen LogP contribution in [0.15, 0.2) is 40.6 Å². The molecule has 1 aromatic carbocycles. The van der Waals surface area contributed by atoms with Gasteiger partial charge in [0.2, 0.25) is 10.0 Å². The third-order valence-corrected chi connectivity index (χ3v) is 4.57. The van der Waals surface area contributed by atoms with Gasteiger partial charge in [0.05, 0.1) is 11.4 Å². The molecule has 0 unspecified atom stereocenters. The van der Waals surface area contributed by atoms with Crippen molar-refractivity contribution in [2.24, 2.45) is 5.14 Å². The fourth-order valence-corrected chi connectivity index (χ4v) is 2.88. The Morgan fingerprint density at radius 1 is 1.35 bits per heavy atom. The standard InChI is InChI=1S/C13H14N2O3S2/c1-9-4-5-11(20(14,17)18)7-12(9)13(16)15-8-10-3-2-6-19-10/h2-7H,8H2,1H3,(H,15,16)(H2,14,17,18). The van der Waals surface area contributed by atoms with E-state index >= 15 is 0 Å². The van der Waals surface area contributed by atoms with Crippen LogP contribution in [0.4, 0.5) is 0 Å². The van der Waals surface area contributed by atoms with Crippen molar-refractivity contribution in [2.45, 2.75) is 18.4 Å². The summed E-state index contributed by atoms with van der Waals surface area (Å²) in [6, 6.07) is 8.08. The van der Waals surface area contributed by atoms with E-state index in [4.69, 9.17) is 5.14 Å². The molecule has 7 heteroatoms. The molecule has 5 nitrogen and oxygen atoms in total. The summed E-state index contributed by atoms with van der Waals surface area (Å²) in [7, 11) is -3.81. The number of thiophene rings is 1. The highest BCUT2D eigenvalue weighted by Gasteiger charge is 2.14. The van der Waals surface area contributed by atoms with Gasteiger partial charge in [0, 0.05) is 10.4 Å². The number of aryl methyl sites for hydroxylation is 1. The Kier molecular flexibility index (Phi) is 4.22. The first kappa shape index (κ1) is 14.7. The van der Waals surface area contributed by atoms with Crippen molar-refractivity contribution in [1.29, 1.82) is 0 Å². The van der Waals surface area contributed by atoms with E-state index in [1.807, 2.05) is 17.5 Å². The number of hydrogen-bond acceptors (Lipinski definition) is 4. The molecule has 0 radical (unpaired) electrons. The lowest BCUT2D eigenvalue weighted by molar-refractivity contribution is 0.0950. The molecule has 0 aliphatic rings. The van der Waals surface area contributed by atoms with Gasteiger partial charge in [0.15, 0.2) is 0 Å². The number of nitrogens with one attached hydrogen (secondary N) is 1. The first-order valence-electron chi connectivity index (χ1n) is 5.82. The second kappa shape index (κ2) is 5.74. The summed E-state index contributed by atoms with van der Waals surface area (Å²) in [4.78, 5) is 13.1. The molecule has 0 spiro atoms. The van der Waals surface area contributed by atoms with Crippen LogP contribution in [0.25, 0.3) is 0 Å². The molecule has 0 aliphatic heterocycles. The number of rotatable bonds is 4. The number of primary sulfonamides is 1. The van der Waals surface area contributed by atoms with Crippen molar-refractivity contribution >= 4 is 27.3 Å². The lowest BCUT2D eigenvalue weighted by atomic mass is 10.1. The topological polar surface area (TPSA) is 89.3 Å². The van der Waals surface area contributed by atoms with E-state index < -0.39 is 10.0 Å². The number of carbonyl (C=O) groups excluding carboxylic acids is 1. The lowest BCUT2D eigenvalue weighted by Gasteiger charge is -2.08. The summed E-state index contributed by atoms with van der Waals surface area (Å²) in [5, 5.41) is 9.75. The number of nitrogens with two attached hydrogens (primary N) is 1. The highest BCUT2D eigenvalue weighted by Crippen LogP contribution is 2.15.